The molecule has 3 aromatic rings. The molecule has 122 valence electrons. The number of amides is 1. The van der Waals surface area contributed by atoms with Gasteiger partial charge in [0, 0.05) is 18.0 Å². The molecule has 1 amide bonds. The van der Waals surface area contributed by atoms with E-state index < -0.39 is 10.0 Å². The van der Waals surface area contributed by atoms with Crippen LogP contribution in [0, 0.1) is 0 Å². The van der Waals surface area contributed by atoms with E-state index in [0.29, 0.717) is 11.4 Å². The molecule has 2 N–H and O–H groups in total. The van der Waals surface area contributed by atoms with Crippen molar-refractivity contribution >= 4 is 38.1 Å². The van der Waals surface area contributed by atoms with Gasteiger partial charge in [-0.3, -0.25) is 9.52 Å². The highest BCUT2D eigenvalue weighted by atomic mass is 32.2. The minimum absolute atomic E-state index is 0.129. The van der Waals surface area contributed by atoms with Gasteiger partial charge in [-0.05, 0) is 35.7 Å². The lowest BCUT2D eigenvalue weighted by atomic mass is 10.1. The number of sulfonamides is 1. The van der Waals surface area contributed by atoms with Crippen LogP contribution in [-0.4, -0.2) is 14.3 Å². The first-order chi connectivity index (χ1) is 11.5. The molecule has 0 fully saturated rings. The lowest BCUT2D eigenvalue weighted by molar-refractivity contribution is -0.114. The zero-order chi connectivity index (χ0) is 17.2. The van der Waals surface area contributed by atoms with E-state index in [1.54, 1.807) is 24.3 Å². The fraction of sp³-hybridized carbons (Fsp3) is 0.0556. The van der Waals surface area contributed by atoms with Crippen molar-refractivity contribution in [1.29, 1.82) is 0 Å². The first-order valence-corrected chi connectivity index (χ1v) is 8.82. The largest absolute Gasteiger partial charge is 0.326 e. The molecule has 0 aromatic heterocycles. The average Bonchev–Trinajstić information content (AvgIpc) is 2.55. The van der Waals surface area contributed by atoms with Gasteiger partial charge in [0.15, 0.2) is 0 Å². The van der Waals surface area contributed by atoms with E-state index in [0.717, 1.165) is 10.8 Å². The Morgan fingerprint density at radius 1 is 0.875 bits per heavy atom. The smallest absolute Gasteiger partial charge is 0.261 e. The maximum absolute atomic E-state index is 12.6. The Kier molecular flexibility index (Phi) is 4.22. The van der Waals surface area contributed by atoms with Crippen LogP contribution < -0.4 is 10.0 Å². The van der Waals surface area contributed by atoms with Crippen LogP contribution in [0.3, 0.4) is 0 Å². The molecule has 6 heteroatoms. The topological polar surface area (TPSA) is 75.3 Å². The van der Waals surface area contributed by atoms with E-state index in [9.17, 15) is 13.2 Å². The normalized spacial score (nSPS) is 11.2. The molecular formula is C18H16N2O3S. The summed E-state index contributed by atoms with van der Waals surface area (Å²) in [4.78, 5) is 11.1. The van der Waals surface area contributed by atoms with Crippen molar-refractivity contribution in [2.24, 2.45) is 0 Å². The molecule has 0 radical (unpaired) electrons. The van der Waals surface area contributed by atoms with Crippen LogP contribution in [0.5, 0.6) is 0 Å². The second-order valence-electron chi connectivity index (χ2n) is 5.34. The molecule has 0 aliphatic carbocycles. The van der Waals surface area contributed by atoms with Gasteiger partial charge in [0.05, 0.1) is 10.6 Å². The summed E-state index contributed by atoms with van der Waals surface area (Å²) in [6.07, 6.45) is 0. The number of nitrogens with one attached hydrogen (secondary N) is 2. The summed E-state index contributed by atoms with van der Waals surface area (Å²) >= 11 is 0. The third kappa shape index (κ3) is 3.38. The van der Waals surface area contributed by atoms with E-state index in [1.165, 1.54) is 19.1 Å². The average molecular weight is 340 g/mol. The van der Waals surface area contributed by atoms with E-state index in [2.05, 4.69) is 10.0 Å². The van der Waals surface area contributed by atoms with E-state index in [4.69, 9.17) is 0 Å². The molecular weight excluding hydrogens is 324 g/mol. The molecule has 0 bridgehead atoms. The molecule has 5 nitrogen and oxygen atoms in total. The molecule has 24 heavy (non-hydrogen) atoms. The summed E-state index contributed by atoms with van der Waals surface area (Å²) in [6.45, 7) is 1.40. The maximum atomic E-state index is 12.6. The van der Waals surface area contributed by atoms with Crippen molar-refractivity contribution in [3.8, 4) is 0 Å². The monoisotopic (exact) mass is 340 g/mol. The van der Waals surface area contributed by atoms with Gasteiger partial charge in [-0.2, -0.15) is 0 Å². The number of benzene rings is 3. The van der Waals surface area contributed by atoms with Crippen LogP contribution in [0.4, 0.5) is 11.4 Å². The Morgan fingerprint density at radius 3 is 2.25 bits per heavy atom. The molecule has 0 spiro atoms. The summed E-state index contributed by atoms with van der Waals surface area (Å²) in [5.41, 5.74) is 1.07. The molecule has 3 rings (SSSR count). The van der Waals surface area contributed by atoms with Gasteiger partial charge in [0.1, 0.15) is 0 Å². The molecule has 0 atom stereocenters. The second kappa shape index (κ2) is 6.33. The molecule has 0 heterocycles. The standard InChI is InChI=1S/C18H16N2O3S/c1-13(21)19-15-9-11-16(12-10-15)24(22,23)20-18-8-4-6-14-5-2-3-7-17(14)18/h2-12,20H,1H3,(H,19,21). The predicted octanol–water partition coefficient (Wildman–Crippen LogP) is 3.60. The summed E-state index contributed by atoms with van der Waals surface area (Å²) in [6, 6.07) is 19.0. The minimum atomic E-state index is -3.71. The number of anilines is 2. The van der Waals surface area contributed by atoms with E-state index in [-0.39, 0.29) is 10.8 Å². The number of hydrogen-bond acceptors (Lipinski definition) is 3. The first kappa shape index (κ1) is 16.0. The van der Waals surface area contributed by atoms with Gasteiger partial charge in [0.25, 0.3) is 10.0 Å². The van der Waals surface area contributed by atoms with Crippen molar-refractivity contribution in [1.82, 2.24) is 0 Å². The predicted molar refractivity (Wildman–Crippen MR) is 95.5 cm³/mol. The number of carbonyl (C=O) groups is 1. The van der Waals surface area contributed by atoms with Crippen molar-refractivity contribution in [2.75, 3.05) is 10.0 Å². The van der Waals surface area contributed by atoms with Crippen LogP contribution in [0.25, 0.3) is 10.8 Å². The fourth-order valence-corrected chi connectivity index (χ4v) is 3.52. The molecule has 0 aliphatic heterocycles. The number of rotatable bonds is 4. The van der Waals surface area contributed by atoms with Gasteiger partial charge in [-0.25, -0.2) is 8.42 Å². The van der Waals surface area contributed by atoms with Crippen molar-refractivity contribution in [3.05, 3.63) is 66.7 Å². The summed E-state index contributed by atoms with van der Waals surface area (Å²) in [5.74, 6) is -0.209. The Labute approximate surface area is 140 Å². The zero-order valence-corrected chi connectivity index (χ0v) is 13.8. The Morgan fingerprint density at radius 2 is 1.54 bits per heavy atom. The molecule has 0 saturated heterocycles. The SMILES string of the molecule is CC(=O)Nc1ccc(S(=O)(=O)Nc2cccc3ccccc23)cc1. The molecule has 3 aromatic carbocycles. The Balaban J connectivity index is 1.92. The number of fused-ring (bicyclic) bond motifs is 1. The zero-order valence-electron chi connectivity index (χ0n) is 13.0. The highest BCUT2D eigenvalue weighted by molar-refractivity contribution is 7.92. The number of hydrogen-bond donors (Lipinski definition) is 2. The quantitative estimate of drug-likeness (QED) is 0.762. The van der Waals surface area contributed by atoms with Crippen molar-refractivity contribution in [3.63, 3.8) is 0 Å². The van der Waals surface area contributed by atoms with Gasteiger partial charge < -0.3 is 5.32 Å². The molecule has 0 aliphatic rings. The minimum Gasteiger partial charge on any atom is -0.326 e. The van der Waals surface area contributed by atoms with Crippen LogP contribution in [0.1, 0.15) is 6.92 Å². The van der Waals surface area contributed by atoms with Crippen LogP contribution in [-0.2, 0) is 14.8 Å². The van der Waals surface area contributed by atoms with Crippen LogP contribution in [0.2, 0.25) is 0 Å². The Hall–Kier alpha value is -2.86. The van der Waals surface area contributed by atoms with Crippen molar-refractivity contribution < 1.29 is 13.2 Å². The van der Waals surface area contributed by atoms with Gasteiger partial charge in [-0.15, -0.1) is 0 Å². The third-order valence-corrected chi connectivity index (χ3v) is 4.90. The third-order valence-electron chi connectivity index (χ3n) is 3.52. The van der Waals surface area contributed by atoms with Gasteiger partial charge in [0.2, 0.25) is 5.91 Å². The van der Waals surface area contributed by atoms with E-state index >= 15 is 0 Å². The van der Waals surface area contributed by atoms with Gasteiger partial charge >= 0.3 is 0 Å². The maximum Gasteiger partial charge on any atom is 0.261 e. The number of carbonyl (C=O) groups excluding carboxylic acids is 1. The first-order valence-electron chi connectivity index (χ1n) is 7.34. The van der Waals surface area contributed by atoms with Gasteiger partial charge in [-0.1, -0.05) is 36.4 Å². The Bertz CT molecular complexity index is 991. The lowest BCUT2D eigenvalue weighted by Crippen LogP contribution is -2.13. The van der Waals surface area contributed by atoms with Crippen LogP contribution >= 0.6 is 0 Å². The molecule has 0 unspecified atom stereocenters. The van der Waals surface area contributed by atoms with Crippen LogP contribution in [0.15, 0.2) is 71.6 Å². The highest BCUT2D eigenvalue weighted by Crippen LogP contribution is 2.26. The fourth-order valence-electron chi connectivity index (χ4n) is 2.44. The highest BCUT2D eigenvalue weighted by Gasteiger charge is 2.15. The second-order valence-corrected chi connectivity index (χ2v) is 7.02. The van der Waals surface area contributed by atoms with E-state index in [1.807, 2.05) is 30.3 Å². The van der Waals surface area contributed by atoms with Crippen molar-refractivity contribution in [2.45, 2.75) is 11.8 Å². The lowest BCUT2D eigenvalue weighted by Gasteiger charge is -2.11. The summed E-state index contributed by atoms with van der Waals surface area (Å²) < 4.78 is 27.8. The molecule has 0 saturated carbocycles. The summed E-state index contributed by atoms with van der Waals surface area (Å²) in [5, 5.41) is 4.39. The summed E-state index contributed by atoms with van der Waals surface area (Å²) in [7, 11) is -3.71.